The highest BCUT2D eigenvalue weighted by Gasteiger charge is 2.57. The van der Waals surface area contributed by atoms with Crippen LogP contribution in [0.3, 0.4) is 0 Å². The van der Waals surface area contributed by atoms with Crippen LogP contribution in [0.2, 0.25) is 0 Å². The Morgan fingerprint density at radius 1 is 1.16 bits per heavy atom. The highest BCUT2D eigenvalue weighted by Crippen LogP contribution is 2.59. The van der Waals surface area contributed by atoms with Crippen LogP contribution in [-0.2, 0) is 32.9 Å². The Bertz CT molecular complexity index is 501. The lowest BCUT2D eigenvalue weighted by Gasteiger charge is -2.37. The molecule has 1 aliphatic heterocycles. The SMILES string of the molecule is COC(=O)CCNC(=O)[C@@H]1O[P+](O)(NCCC(=O)OC)OCC1(C)C. The summed E-state index contributed by atoms with van der Waals surface area (Å²) < 4.78 is 19.9. The molecule has 144 valence electrons. The lowest BCUT2D eigenvalue weighted by molar-refractivity contribution is -0.143. The van der Waals surface area contributed by atoms with E-state index in [1.54, 1.807) is 13.8 Å². The molecule has 1 rings (SSSR count). The van der Waals surface area contributed by atoms with Crippen molar-refractivity contribution in [2.24, 2.45) is 5.41 Å². The fourth-order valence-corrected chi connectivity index (χ4v) is 3.81. The topological polar surface area (TPSA) is 132 Å². The number of ether oxygens (including phenoxy) is 2. The summed E-state index contributed by atoms with van der Waals surface area (Å²) in [4.78, 5) is 45.0. The number of nitrogens with one attached hydrogen (secondary N) is 2. The predicted molar refractivity (Wildman–Crippen MR) is 88.0 cm³/mol. The highest BCUT2D eigenvalue weighted by molar-refractivity contribution is 7.58. The largest absolute Gasteiger partial charge is 0.499 e. The Hall–Kier alpha value is -1.32. The number of esters is 2. The summed E-state index contributed by atoms with van der Waals surface area (Å²) in [7, 11) is -0.963. The second kappa shape index (κ2) is 9.40. The summed E-state index contributed by atoms with van der Waals surface area (Å²) in [5, 5.41) is 5.22. The van der Waals surface area contributed by atoms with Crippen LogP contribution in [0.25, 0.3) is 0 Å². The fourth-order valence-electron chi connectivity index (χ4n) is 2.02. The Kier molecular flexibility index (Phi) is 8.17. The van der Waals surface area contributed by atoms with E-state index >= 15 is 0 Å². The minimum atomic E-state index is -3.49. The number of rotatable bonds is 8. The van der Waals surface area contributed by atoms with Crippen molar-refractivity contribution < 1.29 is 37.8 Å². The third kappa shape index (κ3) is 6.83. The van der Waals surface area contributed by atoms with Crippen molar-refractivity contribution in [3.63, 3.8) is 0 Å². The normalized spacial score (nSPS) is 25.1. The first-order valence-electron chi connectivity index (χ1n) is 7.75. The predicted octanol–water partition coefficient (Wildman–Crippen LogP) is -0.0701. The standard InChI is InChI=1S/C14H25N2O8P/c1-14(2)9-23-25(20,16-8-6-11(18)22-4)24-12(14)13(19)15-7-5-10(17)21-3/h12,16,20H,5-9H2,1-4H3/p+1/t12-,25?/m0/s1. The molecule has 0 aliphatic carbocycles. The maximum absolute atomic E-state index is 12.4. The summed E-state index contributed by atoms with van der Waals surface area (Å²) in [5.41, 5.74) is -0.689. The molecule has 1 fully saturated rings. The minimum Gasteiger partial charge on any atom is -0.469 e. The van der Waals surface area contributed by atoms with Crippen LogP contribution < -0.4 is 10.4 Å². The highest BCUT2D eigenvalue weighted by atomic mass is 31.2. The number of amides is 1. The quantitative estimate of drug-likeness (QED) is 0.390. The van der Waals surface area contributed by atoms with Crippen molar-refractivity contribution in [3.8, 4) is 0 Å². The zero-order valence-corrected chi connectivity index (χ0v) is 15.8. The van der Waals surface area contributed by atoms with E-state index in [0.717, 1.165) is 0 Å². The van der Waals surface area contributed by atoms with Gasteiger partial charge >= 0.3 is 20.0 Å². The van der Waals surface area contributed by atoms with Gasteiger partial charge in [-0.2, -0.15) is 9.42 Å². The lowest BCUT2D eigenvalue weighted by Crippen LogP contribution is -2.52. The molecule has 1 aliphatic rings. The molecule has 0 bridgehead atoms. The van der Waals surface area contributed by atoms with Crippen molar-refractivity contribution in [1.29, 1.82) is 0 Å². The minimum absolute atomic E-state index is 0.0188. The van der Waals surface area contributed by atoms with Gasteiger partial charge in [0.15, 0.2) is 6.10 Å². The number of carbonyl (C=O) groups excluding carboxylic acids is 3. The molecule has 0 saturated carbocycles. The molecule has 0 spiro atoms. The molecule has 0 radical (unpaired) electrons. The van der Waals surface area contributed by atoms with E-state index in [1.165, 1.54) is 14.2 Å². The van der Waals surface area contributed by atoms with Crippen LogP contribution in [0.4, 0.5) is 0 Å². The molecule has 0 aromatic rings. The maximum atomic E-state index is 12.4. The van der Waals surface area contributed by atoms with Crippen LogP contribution in [0.1, 0.15) is 26.7 Å². The zero-order valence-electron chi connectivity index (χ0n) is 14.9. The van der Waals surface area contributed by atoms with Crippen LogP contribution in [0.15, 0.2) is 0 Å². The summed E-state index contributed by atoms with van der Waals surface area (Å²) in [6, 6.07) is 0. The monoisotopic (exact) mass is 381 g/mol. The van der Waals surface area contributed by atoms with E-state index in [0.29, 0.717) is 0 Å². The van der Waals surface area contributed by atoms with E-state index in [-0.39, 0.29) is 32.5 Å². The van der Waals surface area contributed by atoms with E-state index in [1.807, 2.05) is 0 Å². The van der Waals surface area contributed by atoms with E-state index < -0.39 is 37.5 Å². The van der Waals surface area contributed by atoms with Crippen LogP contribution in [-0.4, -0.2) is 62.8 Å². The zero-order chi connectivity index (χ0) is 19.1. The van der Waals surface area contributed by atoms with Crippen LogP contribution in [0, 0.1) is 5.41 Å². The maximum Gasteiger partial charge on any atom is 0.499 e. The number of methoxy groups -OCH3 is 2. The van der Waals surface area contributed by atoms with Gasteiger partial charge < -0.3 is 14.8 Å². The van der Waals surface area contributed by atoms with Crippen molar-refractivity contribution in [3.05, 3.63) is 0 Å². The Morgan fingerprint density at radius 3 is 2.28 bits per heavy atom. The third-order valence-corrected chi connectivity index (χ3v) is 5.13. The number of hydrogen-bond donors (Lipinski definition) is 3. The number of hydrogen-bond acceptors (Lipinski definition) is 9. The fraction of sp³-hybridized carbons (Fsp3) is 0.786. The molecule has 1 saturated heterocycles. The molecule has 0 aromatic carbocycles. The molecule has 1 amide bonds. The summed E-state index contributed by atoms with van der Waals surface area (Å²) >= 11 is 0. The van der Waals surface area contributed by atoms with Crippen molar-refractivity contribution in [2.75, 3.05) is 33.9 Å². The van der Waals surface area contributed by atoms with Crippen LogP contribution in [0.5, 0.6) is 0 Å². The molecule has 25 heavy (non-hydrogen) atoms. The average Bonchev–Trinajstić information content (AvgIpc) is 2.56. The van der Waals surface area contributed by atoms with Gasteiger partial charge in [0.1, 0.15) is 6.61 Å². The first-order chi connectivity index (χ1) is 11.6. The summed E-state index contributed by atoms with van der Waals surface area (Å²) in [5.74, 6) is -1.36. The van der Waals surface area contributed by atoms with Gasteiger partial charge in [0.05, 0.1) is 27.1 Å². The molecule has 0 aromatic heterocycles. The molecule has 10 nitrogen and oxygen atoms in total. The second-order valence-corrected chi connectivity index (χ2v) is 7.95. The average molecular weight is 381 g/mol. The first-order valence-corrected chi connectivity index (χ1v) is 9.32. The van der Waals surface area contributed by atoms with Gasteiger partial charge in [0.25, 0.3) is 5.91 Å². The smallest absolute Gasteiger partial charge is 0.469 e. The van der Waals surface area contributed by atoms with Gasteiger partial charge in [-0.25, -0.2) is 0 Å². The van der Waals surface area contributed by atoms with Gasteiger partial charge in [-0.15, -0.1) is 9.61 Å². The molecule has 3 N–H and O–H groups in total. The van der Waals surface area contributed by atoms with Gasteiger partial charge in [-0.3, -0.25) is 14.4 Å². The molecule has 1 heterocycles. The van der Waals surface area contributed by atoms with Gasteiger partial charge in [-0.1, -0.05) is 13.8 Å². The van der Waals surface area contributed by atoms with Crippen LogP contribution >= 0.6 is 8.09 Å². The van der Waals surface area contributed by atoms with Crippen molar-refractivity contribution in [1.82, 2.24) is 10.4 Å². The second-order valence-electron chi connectivity index (χ2n) is 6.12. The summed E-state index contributed by atoms with van der Waals surface area (Å²) in [6.07, 6.45) is -0.934. The lowest BCUT2D eigenvalue weighted by atomic mass is 9.87. The molecule has 1 unspecified atom stereocenters. The summed E-state index contributed by atoms with van der Waals surface area (Å²) in [6.45, 7) is 3.77. The van der Waals surface area contributed by atoms with E-state index in [9.17, 15) is 19.3 Å². The Balaban J connectivity index is 2.61. The molecular weight excluding hydrogens is 355 g/mol. The molecular formula is C14H26N2O8P+. The van der Waals surface area contributed by atoms with Gasteiger partial charge in [0, 0.05) is 18.5 Å². The van der Waals surface area contributed by atoms with E-state index in [4.69, 9.17) is 9.05 Å². The third-order valence-electron chi connectivity index (χ3n) is 3.53. The van der Waals surface area contributed by atoms with Crippen molar-refractivity contribution in [2.45, 2.75) is 32.8 Å². The van der Waals surface area contributed by atoms with Gasteiger partial charge in [0.2, 0.25) is 0 Å². The molecule has 11 heteroatoms. The Labute approximate surface area is 147 Å². The first kappa shape index (κ1) is 21.7. The molecule has 2 atom stereocenters. The van der Waals surface area contributed by atoms with Gasteiger partial charge in [-0.05, 0) is 0 Å². The van der Waals surface area contributed by atoms with E-state index in [2.05, 4.69) is 19.9 Å². The number of carbonyl (C=O) groups is 3. The van der Waals surface area contributed by atoms with Crippen molar-refractivity contribution >= 4 is 25.9 Å². The Morgan fingerprint density at radius 2 is 1.72 bits per heavy atom.